The number of nitro groups is 1. The predicted molar refractivity (Wildman–Crippen MR) is 49.7 cm³/mol. The van der Waals surface area contributed by atoms with Crippen LogP contribution in [0.15, 0.2) is 12.1 Å². The number of ether oxygens (including phenoxy) is 1. The molecular formula is C7H5Cl2NO3. The van der Waals surface area contributed by atoms with Crippen LogP contribution < -0.4 is 4.74 Å². The molecule has 70 valence electrons. The van der Waals surface area contributed by atoms with Crippen LogP contribution in [0.4, 0.5) is 5.69 Å². The number of hydrogen-bond donors (Lipinski definition) is 0. The van der Waals surface area contributed by atoms with E-state index in [0.717, 1.165) is 6.07 Å². The highest BCUT2D eigenvalue weighted by atomic mass is 35.5. The van der Waals surface area contributed by atoms with Crippen molar-refractivity contribution in [3.05, 3.63) is 32.3 Å². The molecule has 4 nitrogen and oxygen atoms in total. The molecule has 0 aliphatic carbocycles. The molecule has 0 atom stereocenters. The highest BCUT2D eigenvalue weighted by molar-refractivity contribution is 6.35. The van der Waals surface area contributed by atoms with E-state index in [2.05, 4.69) is 0 Å². The maximum Gasteiger partial charge on any atom is 0.289 e. The molecule has 0 radical (unpaired) electrons. The van der Waals surface area contributed by atoms with Crippen LogP contribution in [0.5, 0.6) is 5.75 Å². The van der Waals surface area contributed by atoms with Crippen molar-refractivity contribution in [2.45, 2.75) is 0 Å². The van der Waals surface area contributed by atoms with Gasteiger partial charge in [-0.25, -0.2) is 0 Å². The Kier molecular flexibility index (Phi) is 2.95. The van der Waals surface area contributed by atoms with Gasteiger partial charge in [-0.3, -0.25) is 10.1 Å². The van der Waals surface area contributed by atoms with Crippen molar-refractivity contribution in [2.24, 2.45) is 0 Å². The summed E-state index contributed by atoms with van der Waals surface area (Å²) in [6, 6.07) is 2.46. The van der Waals surface area contributed by atoms with E-state index in [0.29, 0.717) is 5.75 Å². The van der Waals surface area contributed by atoms with Gasteiger partial charge in [0, 0.05) is 12.1 Å². The first-order valence-electron chi connectivity index (χ1n) is 3.23. The molecular weight excluding hydrogens is 217 g/mol. The molecule has 0 unspecified atom stereocenters. The molecule has 0 fully saturated rings. The normalized spacial score (nSPS) is 9.77. The molecule has 1 rings (SSSR count). The molecule has 6 heteroatoms. The summed E-state index contributed by atoms with van der Waals surface area (Å²) in [6.45, 7) is 0. The number of methoxy groups -OCH3 is 1. The van der Waals surface area contributed by atoms with Gasteiger partial charge in [0.2, 0.25) is 0 Å². The Morgan fingerprint density at radius 3 is 2.46 bits per heavy atom. The molecule has 0 amide bonds. The topological polar surface area (TPSA) is 52.4 Å². The van der Waals surface area contributed by atoms with Gasteiger partial charge in [0.1, 0.15) is 10.8 Å². The highest BCUT2D eigenvalue weighted by Gasteiger charge is 2.15. The van der Waals surface area contributed by atoms with Gasteiger partial charge in [0.05, 0.1) is 17.1 Å². The second kappa shape index (κ2) is 3.81. The third-order valence-electron chi connectivity index (χ3n) is 1.42. The van der Waals surface area contributed by atoms with Crippen molar-refractivity contribution in [2.75, 3.05) is 7.11 Å². The van der Waals surface area contributed by atoms with Gasteiger partial charge < -0.3 is 4.74 Å². The van der Waals surface area contributed by atoms with Crippen LogP contribution in [-0.2, 0) is 0 Å². The molecule has 0 aliphatic heterocycles. The van der Waals surface area contributed by atoms with Gasteiger partial charge >= 0.3 is 0 Å². The minimum absolute atomic E-state index is 0.00579. The number of nitro benzene ring substituents is 1. The average molecular weight is 222 g/mol. The van der Waals surface area contributed by atoms with Crippen LogP contribution in [0.1, 0.15) is 0 Å². The van der Waals surface area contributed by atoms with Crippen molar-refractivity contribution in [3.8, 4) is 5.75 Å². The Hall–Kier alpha value is -1.00. The second-order valence-electron chi connectivity index (χ2n) is 2.20. The molecule has 1 aromatic carbocycles. The summed E-state index contributed by atoms with van der Waals surface area (Å²) in [5, 5.41) is 10.6. The summed E-state index contributed by atoms with van der Waals surface area (Å²) in [5.41, 5.74) is -0.229. The number of hydrogen-bond acceptors (Lipinski definition) is 3. The molecule has 0 heterocycles. The monoisotopic (exact) mass is 221 g/mol. The lowest BCUT2D eigenvalue weighted by Gasteiger charge is -2.02. The summed E-state index contributed by atoms with van der Waals surface area (Å²) in [6.07, 6.45) is 0. The standard InChI is InChI=1S/C7H5Cl2NO3/c1-13-7-3-4(8)6(10(11)12)2-5(7)9/h2-3H,1H3. The first kappa shape index (κ1) is 10.1. The highest BCUT2D eigenvalue weighted by Crippen LogP contribution is 2.34. The van der Waals surface area contributed by atoms with Crippen LogP contribution in [0.3, 0.4) is 0 Å². The third kappa shape index (κ3) is 2.02. The van der Waals surface area contributed by atoms with Crippen LogP contribution >= 0.6 is 23.2 Å². The Bertz CT molecular complexity index is 354. The first-order chi connectivity index (χ1) is 6.06. The first-order valence-corrected chi connectivity index (χ1v) is 3.99. The number of nitrogens with zero attached hydrogens (tertiary/aromatic N) is 1. The molecule has 0 bridgehead atoms. The van der Waals surface area contributed by atoms with Crippen LogP contribution in [0.25, 0.3) is 0 Å². The van der Waals surface area contributed by atoms with Gasteiger partial charge in [0.25, 0.3) is 5.69 Å². The molecule has 0 saturated carbocycles. The predicted octanol–water partition coefficient (Wildman–Crippen LogP) is 2.91. The fraction of sp³-hybridized carbons (Fsp3) is 0.143. The van der Waals surface area contributed by atoms with Gasteiger partial charge in [-0.1, -0.05) is 23.2 Å². The Balaban J connectivity index is 3.28. The molecule has 0 saturated heterocycles. The summed E-state index contributed by atoms with van der Waals surface area (Å²) < 4.78 is 4.82. The number of benzene rings is 1. The SMILES string of the molecule is COc1cc(Cl)c([N+](=O)[O-])cc1Cl. The zero-order valence-corrected chi connectivity index (χ0v) is 8.09. The van der Waals surface area contributed by atoms with Crippen molar-refractivity contribution < 1.29 is 9.66 Å². The quantitative estimate of drug-likeness (QED) is 0.570. The van der Waals surface area contributed by atoms with E-state index in [4.69, 9.17) is 27.9 Å². The summed E-state index contributed by atoms with van der Waals surface area (Å²) in [7, 11) is 1.41. The maximum absolute atomic E-state index is 10.4. The van der Waals surface area contributed by atoms with Crippen LogP contribution in [0, 0.1) is 10.1 Å². The second-order valence-corrected chi connectivity index (χ2v) is 3.01. The fourth-order valence-electron chi connectivity index (χ4n) is 0.814. The van der Waals surface area contributed by atoms with Crippen LogP contribution in [-0.4, -0.2) is 12.0 Å². The summed E-state index contributed by atoms with van der Waals surface area (Å²) in [5.74, 6) is 0.317. The van der Waals surface area contributed by atoms with Crippen LogP contribution in [0.2, 0.25) is 10.0 Å². The Morgan fingerprint density at radius 2 is 2.00 bits per heavy atom. The van der Waals surface area contributed by atoms with Crippen molar-refractivity contribution in [1.82, 2.24) is 0 Å². The average Bonchev–Trinajstić information content (AvgIpc) is 2.07. The molecule has 0 N–H and O–H groups in total. The van der Waals surface area contributed by atoms with Crippen molar-refractivity contribution >= 4 is 28.9 Å². The van der Waals surface area contributed by atoms with E-state index in [1.165, 1.54) is 13.2 Å². The molecule has 0 aromatic heterocycles. The van der Waals surface area contributed by atoms with Gasteiger partial charge in [-0.15, -0.1) is 0 Å². The molecule has 1 aromatic rings. The molecule has 0 aliphatic rings. The van der Waals surface area contributed by atoms with E-state index < -0.39 is 4.92 Å². The van der Waals surface area contributed by atoms with Crippen molar-refractivity contribution in [1.29, 1.82) is 0 Å². The van der Waals surface area contributed by atoms with E-state index in [9.17, 15) is 10.1 Å². The fourth-order valence-corrected chi connectivity index (χ4v) is 1.27. The number of rotatable bonds is 2. The minimum Gasteiger partial charge on any atom is -0.495 e. The van der Waals surface area contributed by atoms with Gasteiger partial charge in [-0.2, -0.15) is 0 Å². The zero-order valence-electron chi connectivity index (χ0n) is 6.58. The van der Waals surface area contributed by atoms with E-state index in [1.54, 1.807) is 0 Å². The zero-order chi connectivity index (χ0) is 10.0. The minimum atomic E-state index is -0.604. The Labute approximate surface area is 84.2 Å². The molecule has 13 heavy (non-hydrogen) atoms. The Morgan fingerprint density at radius 1 is 1.38 bits per heavy atom. The number of halogens is 2. The maximum atomic E-state index is 10.4. The lowest BCUT2D eigenvalue weighted by atomic mass is 10.3. The lowest BCUT2D eigenvalue weighted by Crippen LogP contribution is -1.91. The van der Waals surface area contributed by atoms with Gasteiger partial charge in [0.15, 0.2) is 0 Å². The largest absolute Gasteiger partial charge is 0.495 e. The van der Waals surface area contributed by atoms with E-state index in [-0.39, 0.29) is 15.7 Å². The lowest BCUT2D eigenvalue weighted by molar-refractivity contribution is -0.384. The molecule has 0 spiro atoms. The van der Waals surface area contributed by atoms with Crippen molar-refractivity contribution in [3.63, 3.8) is 0 Å². The summed E-state index contributed by atoms with van der Waals surface area (Å²) in [4.78, 5) is 9.79. The van der Waals surface area contributed by atoms with E-state index >= 15 is 0 Å². The van der Waals surface area contributed by atoms with Gasteiger partial charge in [-0.05, 0) is 0 Å². The summed E-state index contributed by atoms with van der Waals surface area (Å²) >= 11 is 11.3. The third-order valence-corrected chi connectivity index (χ3v) is 2.02. The van der Waals surface area contributed by atoms with E-state index in [1.807, 2.05) is 0 Å². The smallest absolute Gasteiger partial charge is 0.289 e.